The van der Waals surface area contributed by atoms with Crippen LogP contribution in [0.4, 0.5) is 17.1 Å². The van der Waals surface area contributed by atoms with Crippen LogP contribution < -0.4 is 44.7 Å². The Hall–Kier alpha value is -2.70. The fourth-order valence-electron chi connectivity index (χ4n) is 3.85. The number of rotatable bonds is 8. The first kappa shape index (κ1) is 31.8. The Morgan fingerprint density at radius 1 is 1.00 bits per heavy atom. The van der Waals surface area contributed by atoms with Gasteiger partial charge in [-0.2, -0.15) is 13.5 Å². The first-order valence-electron chi connectivity index (χ1n) is 11.7. The molecule has 0 heterocycles. The number of azo groups is 1. The second kappa shape index (κ2) is 13.3. The van der Waals surface area contributed by atoms with Gasteiger partial charge in [0, 0.05) is 16.6 Å². The number of aryl methyl sites for hydroxylation is 1. The van der Waals surface area contributed by atoms with Gasteiger partial charge in [-0.3, -0.25) is 9.35 Å². The van der Waals surface area contributed by atoms with Crippen molar-refractivity contribution < 1.29 is 57.2 Å². The average molecular weight is 610 g/mol. The van der Waals surface area contributed by atoms with Crippen LogP contribution in [-0.2, 0) is 16.5 Å². The average Bonchev–Trinajstić information content (AvgIpc) is 2.89. The van der Waals surface area contributed by atoms with E-state index in [1.807, 2.05) is 6.92 Å². The molecule has 0 aliphatic rings. The molecule has 4 aromatic rings. The first-order chi connectivity index (χ1) is 18.5. The van der Waals surface area contributed by atoms with Crippen molar-refractivity contribution in [2.45, 2.75) is 25.2 Å². The second-order valence-corrected chi connectivity index (χ2v) is 10.5. The van der Waals surface area contributed by atoms with Crippen molar-refractivity contribution in [1.82, 2.24) is 0 Å². The van der Waals surface area contributed by atoms with Crippen molar-refractivity contribution in [3.8, 4) is 11.5 Å². The van der Waals surface area contributed by atoms with Gasteiger partial charge in [-0.25, -0.2) is 0 Å². The standard InChI is InChI=1S/C27H23Cl2N3O6S.Na/c1-3-15-11-21(29)25(23(12-15)39(35,36)37)32-31-24-18-8-6-5-7-16(18)13-19(26(24)33)27(34)30-17-9-10-22(38-4-2)20(28)14-17;/h5-14,33H,3-4H2,1-2H3,(H,30,34)(H,35,36,37);/q;+1/p-1. The van der Waals surface area contributed by atoms with Gasteiger partial charge in [-0.15, -0.1) is 5.11 Å². The summed E-state index contributed by atoms with van der Waals surface area (Å²) in [5, 5.41) is 25.2. The van der Waals surface area contributed by atoms with Gasteiger partial charge >= 0.3 is 29.6 Å². The number of nitrogens with one attached hydrogen (secondary N) is 1. The topological polar surface area (TPSA) is 140 Å². The largest absolute Gasteiger partial charge is 1.00 e. The van der Waals surface area contributed by atoms with Gasteiger partial charge in [0.25, 0.3) is 16.0 Å². The summed E-state index contributed by atoms with van der Waals surface area (Å²) in [6.45, 7) is 4.02. The Morgan fingerprint density at radius 3 is 2.35 bits per heavy atom. The molecule has 202 valence electrons. The van der Waals surface area contributed by atoms with Gasteiger partial charge in [0.05, 0.1) is 22.3 Å². The van der Waals surface area contributed by atoms with E-state index in [1.54, 1.807) is 43.3 Å². The van der Waals surface area contributed by atoms with Crippen LogP contribution in [0, 0.1) is 0 Å². The zero-order valence-corrected chi connectivity index (χ0v) is 26.1. The summed E-state index contributed by atoms with van der Waals surface area (Å²) >= 11 is 12.5. The summed E-state index contributed by atoms with van der Waals surface area (Å²) in [4.78, 5) is 12.6. The first-order valence-corrected chi connectivity index (χ1v) is 13.9. The molecule has 13 heteroatoms. The number of carbonyl (C=O) groups is 1. The molecule has 0 atom stereocenters. The molecule has 0 aliphatic carbocycles. The number of hydrogen-bond acceptors (Lipinski definition) is 7. The van der Waals surface area contributed by atoms with Crippen LogP contribution in [-0.4, -0.2) is 25.5 Å². The molecule has 0 radical (unpaired) electrons. The number of fused-ring (bicyclic) bond motifs is 1. The fraction of sp³-hybridized carbons (Fsp3) is 0.148. The molecule has 0 aromatic heterocycles. The summed E-state index contributed by atoms with van der Waals surface area (Å²) in [6.07, 6.45) is 0.450. The van der Waals surface area contributed by atoms with E-state index in [1.165, 1.54) is 24.3 Å². The van der Waals surface area contributed by atoms with Gasteiger partial charge in [-0.05, 0) is 60.7 Å². The SMILES string of the molecule is CCOc1ccc(NC(=O)c2cc3ccccc3c(N=Nc3c(Cl)cc(CC)cc3S(=O)(=O)O)c2[O-])cc1Cl.[Na+]. The van der Waals surface area contributed by atoms with E-state index in [4.69, 9.17) is 27.9 Å². The van der Waals surface area contributed by atoms with Crippen molar-refractivity contribution in [2.75, 3.05) is 11.9 Å². The van der Waals surface area contributed by atoms with Crippen molar-refractivity contribution in [3.05, 3.63) is 81.8 Å². The molecule has 4 rings (SSSR count). The van der Waals surface area contributed by atoms with E-state index in [0.29, 0.717) is 40.8 Å². The molecule has 1 amide bonds. The third-order valence-electron chi connectivity index (χ3n) is 5.73. The number of amides is 1. The van der Waals surface area contributed by atoms with Gasteiger partial charge in [0.15, 0.2) is 0 Å². The Labute approximate surface area is 263 Å². The van der Waals surface area contributed by atoms with Crippen molar-refractivity contribution in [1.29, 1.82) is 0 Å². The van der Waals surface area contributed by atoms with Gasteiger partial charge in [0.1, 0.15) is 16.3 Å². The maximum Gasteiger partial charge on any atom is 1.00 e. The smallest absolute Gasteiger partial charge is 0.870 e. The number of hydrogen-bond donors (Lipinski definition) is 2. The Balaban J connectivity index is 0.00000441. The van der Waals surface area contributed by atoms with E-state index < -0.39 is 26.7 Å². The third kappa shape index (κ3) is 6.95. The van der Waals surface area contributed by atoms with Crippen molar-refractivity contribution in [3.63, 3.8) is 0 Å². The zero-order valence-electron chi connectivity index (χ0n) is 21.7. The van der Waals surface area contributed by atoms with Crippen LogP contribution >= 0.6 is 23.2 Å². The minimum absolute atomic E-state index is 0. The molecule has 4 aromatic carbocycles. The quantitative estimate of drug-likeness (QED) is 0.175. The summed E-state index contributed by atoms with van der Waals surface area (Å²) in [5.41, 5.74) is 0.119. The van der Waals surface area contributed by atoms with Crippen LogP contribution in [0.1, 0.15) is 29.8 Å². The van der Waals surface area contributed by atoms with Gasteiger partial charge in [0.2, 0.25) is 0 Å². The van der Waals surface area contributed by atoms with E-state index in [2.05, 4.69) is 15.5 Å². The Morgan fingerprint density at radius 2 is 1.70 bits per heavy atom. The number of nitrogens with zero attached hydrogens (tertiary/aromatic N) is 2. The second-order valence-electron chi connectivity index (χ2n) is 8.31. The van der Waals surface area contributed by atoms with Crippen molar-refractivity contribution >= 4 is 67.1 Å². The summed E-state index contributed by atoms with van der Waals surface area (Å²) in [6, 6.07) is 15.5. The number of benzene rings is 4. The molecule has 0 aliphatic heterocycles. The zero-order chi connectivity index (χ0) is 28.3. The normalized spacial score (nSPS) is 11.4. The van der Waals surface area contributed by atoms with E-state index in [0.717, 1.165) is 0 Å². The number of ether oxygens (including phenoxy) is 1. The maximum absolute atomic E-state index is 13.4. The molecule has 0 unspecified atom stereocenters. The molecule has 0 saturated heterocycles. The van der Waals surface area contributed by atoms with Crippen LogP contribution in [0.2, 0.25) is 10.0 Å². The number of anilines is 1. The molecule has 0 bridgehead atoms. The van der Waals surface area contributed by atoms with Crippen LogP contribution in [0.25, 0.3) is 10.8 Å². The molecule has 40 heavy (non-hydrogen) atoms. The minimum Gasteiger partial charge on any atom is -0.870 e. The Kier molecular flexibility index (Phi) is 10.6. The third-order valence-corrected chi connectivity index (χ3v) is 7.18. The number of halogens is 2. The van der Waals surface area contributed by atoms with Crippen LogP contribution in [0.15, 0.2) is 75.8 Å². The Bertz CT molecular complexity index is 1730. The summed E-state index contributed by atoms with van der Waals surface area (Å²) in [5.74, 6) is -1.02. The molecular formula is C27H22Cl2N3NaO6S. The fourth-order valence-corrected chi connectivity index (χ4v) is 5.12. The van der Waals surface area contributed by atoms with Gasteiger partial charge in [-0.1, -0.05) is 60.1 Å². The number of carbonyl (C=O) groups excluding carboxylic acids is 1. The molecular weight excluding hydrogens is 588 g/mol. The predicted molar refractivity (Wildman–Crippen MR) is 149 cm³/mol. The predicted octanol–water partition coefficient (Wildman–Crippen LogP) is 4.10. The van der Waals surface area contributed by atoms with Crippen molar-refractivity contribution in [2.24, 2.45) is 10.2 Å². The molecule has 0 fully saturated rings. The molecule has 9 nitrogen and oxygen atoms in total. The molecule has 2 N–H and O–H groups in total. The minimum atomic E-state index is -4.71. The maximum atomic E-state index is 13.4. The van der Waals surface area contributed by atoms with E-state index in [-0.39, 0.29) is 56.5 Å². The van der Waals surface area contributed by atoms with Crippen LogP contribution in [0.3, 0.4) is 0 Å². The summed E-state index contributed by atoms with van der Waals surface area (Å²) < 4.78 is 39.2. The monoisotopic (exact) mass is 609 g/mol. The molecule has 0 spiro atoms. The summed E-state index contributed by atoms with van der Waals surface area (Å²) in [7, 11) is -4.71. The molecule has 0 saturated carbocycles. The van der Waals surface area contributed by atoms with Crippen LogP contribution in [0.5, 0.6) is 11.5 Å². The van der Waals surface area contributed by atoms with Gasteiger partial charge < -0.3 is 15.2 Å². The van der Waals surface area contributed by atoms with E-state index in [9.17, 15) is 22.9 Å². The van der Waals surface area contributed by atoms with E-state index >= 15 is 0 Å².